The number of hydrogen-bond donors (Lipinski definition) is 0. The van der Waals surface area contributed by atoms with Crippen molar-refractivity contribution < 1.29 is 26.3 Å². The van der Waals surface area contributed by atoms with E-state index in [4.69, 9.17) is 4.98 Å². The number of hydrogen-bond acceptors (Lipinski definition) is 6. The molecule has 2 heterocycles. The van der Waals surface area contributed by atoms with E-state index >= 15 is 0 Å². The molecule has 0 aliphatic heterocycles. The number of benzene rings is 2. The lowest BCUT2D eigenvalue weighted by Crippen LogP contribution is -2.31. The van der Waals surface area contributed by atoms with Crippen molar-refractivity contribution in [3.8, 4) is 0 Å². The van der Waals surface area contributed by atoms with Crippen molar-refractivity contribution in [1.82, 2.24) is 25.2 Å². The van der Waals surface area contributed by atoms with Crippen LogP contribution in [0.25, 0.3) is 10.9 Å². The second-order valence-corrected chi connectivity index (χ2v) is 11.8. The molecule has 228 valence electrons. The summed E-state index contributed by atoms with van der Waals surface area (Å²) in [5.41, 5.74) is 0.741. The Morgan fingerprint density at radius 3 is 2.00 bits per heavy atom. The largest absolute Gasteiger partial charge is 0.416 e. The van der Waals surface area contributed by atoms with E-state index in [1.807, 2.05) is 19.1 Å². The Labute approximate surface area is 244 Å². The summed E-state index contributed by atoms with van der Waals surface area (Å²) in [6.45, 7) is 3.55. The molecule has 6 rings (SSSR count). The molecule has 2 aromatic carbocycles. The average molecular weight is 604 g/mol. The second kappa shape index (κ2) is 11.0. The van der Waals surface area contributed by atoms with Crippen LogP contribution in [0.5, 0.6) is 0 Å². The van der Waals surface area contributed by atoms with Gasteiger partial charge in [0, 0.05) is 43.3 Å². The van der Waals surface area contributed by atoms with Crippen molar-refractivity contribution in [2.24, 2.45) is 18.9 Å². The molecule has 0 bridgehead atoms. The number of fused-ring (bicyclic) bond motifs is 1. The third kappa shape index (κ3) is 6.86. The van der Waals surface area contributed by atoms with Gasteiger partial charge in [-0.1, -0.05) is 16.7 Å². The summed E-state index contributed by atoms with van der Waals surface area (Å²) >= 11 is 0. The lowest BCUT2D eigenvalue weighted by Gasteiger charge is -2.31. The first kappa shape index (κ1) is 29.2. The van der Waals surface area contributed by atoms with Gasteiger partial charge < -0.3 is 9.80 Å². The van der Waals surface area contributed by atoms with Gasteiger partial charge in [-0.2, -0.15) is 31.1 Å². The van der Waals surface area contributed by atoms with Crippen molar-refractivity contribution in [3.05, 3.63) is 70.4 Å². The number of rotatable bonds is 10. The maximum atomic E-state index is 13.7. The van der Waals surface area contributed by atoms with E-state index < -0.39 is 23.5 Å². The number of tetrazole rings is 1. The lowest BCUT2D eigenvalue weighted by molar-refractivity contribution is -0.143. The zero-order valence-corrected chi connectivity index (χ0v) is 23.8. The Hall–Kier alpha value is -3.90. The van der Waals surface area contributed by atoms with Crippen LogP contribution < -0.4 is 9.80 Å². The Bertz CT molecular complexity index is 1580. The molecule has 0 N–H and O–H groups in total. The second-order valence-electron chi connectivity index (χ2n) is 11.8. The highest BCUT2D eigenvalue weighted by molar-refractivity contribution is 5.94. The van der Waals surface area contributed by atoms with Gasteiger partial charge in [-0.3, -0.25) is 4.98 Å². The Balaban J connectivity index is 1.44. The molecule has 4 aromatic rings. The summed E-state index contributed by atoms with van der Waals surface area (Å²) < 4.78 is 81.9. The lowest BCUT2D eigenvalue weighted by atomic mass is 10.0. The van der Waals surface area contributed by atoms with Gasteiger partial charge in [0.05, 0.1) is 29.4 Å². The van der Waals surface area contributed by atoms with Crippen LogP contribution in [0, 0.1) is 18.8 Å². The molecule has 0 unspecified atom stereocenters. The van der Waals surface area contributed by atoms with Gasteiger partial charge >= 0.3 is 12.4 Å². The molecule has 2 fully saturated rings. The first-order valence-corrected chi connectivity index (χ1v) is 14.2. The molecule has 2 aliphatic carbocycles. The third-order valence-corrected chi connectivity index (χ3v) is 7.90. The first-order valence-electron chi connectivity index (χ1n) is 14.2. The monoisotopic (exact) mass is 603 g/mol. The molecule has 7 nitrogen and oxygen atoms in total. The molecule has 2 saturated carbocycles. The molecule has 13 heteroatoms. The van der Waals surface area contributed by atoms with Gasteiger partial charge in [0.2, 0.25) is 0 Å². The molecular formula is C30H31F6N7. The zero-order valence-electron chi connectivity index (χ0n) is 23.8. The fraction of sp³-hybridized carbons (Fsp3) is 0.467. The SMILES string of the molecule is Cc1ccc2ncc(CN(Cc3cc(C(F)(F)F)cc(C(F)(F)F)c3)c3nnn(C)n3)c(N(CC3CC3)CC3CC3)c2c1. The summed E-state index contributed by atoms with van der Waals surface area (Å²) in [5.74, 6) is 1.26. The van der Waals surface area contributed by atoms with Crippen molar-refractivity contribution in [2.45, 2.75) is 58.0 Å². The number of aryl methyl sites for hydroxylation is 2. The van der Waals surface area contributed by atoms with E-state index in [0.29, 0.717) is 11.8 Å². The van der Waals surface area contributed by atoms with Gasteiger partial charge in [-0.05, 0) is 85.6 Å². The number of halogens is 6. The Morgan fingerprint density at radius 2 is 1.47 bits per heavy atom. The first-order chi connectivity index (χ1) is 20.3. The minimum atomic E-state index is -4.95. The Morgan fingerprint density at radius 1 is 0.837 bits per heavy atom. The van der Waals surface area contributed by atoms with Crippen LogP contribution in [-0.2, 0) is 32.5 Å². The van der Waals surface area contributed by atoms with E-state index in [0.717, 1.165) is 78.6 Å². The summed E-state index contributed by atoms with van der Waals surface area (Å²) in [6, 6.07) is 7.67. The highest BCUT2D eigenvalue weighted by Gasteiger charge is 2.37. The van der Waals surface area contributed by atoms with E-state index in [2.05, 4.69) is 26.4 Å². The van der Waals surface area contributed by atoms with E-state index in [9.17, 15) is 26.3 Å². The maximum absolute atomic E-state index is 13.7. The van der Waals surface area contributed by atoms with Crippen LogP contribution in [-0.4, -0.2) is 38.3 Å². The highest BCUT2D eigenvalue weighted by Crippen LogP contribution is 2.41. The summed E-state index contributed by atoms with van der Waals surface area (Å²) in [7, 11) is 1.54. The number of nitrogens with zero attached hydrogens (tertiary/aromatic N) is 7. The average Bonchev–Trinajstić information content (AvgIpc) is 3.87. The molecule has 0 saturated heterocycles. The van der Waals surface area contributed by atoms with Crippen molar-refractivity contribution in [2.75, 3.05) is 22.9 Å². The fourth-order valence-electron chi connectivity index (χ4n) is 5.44. The molecular weight excluding hydrogens is 572 g/mol. The minimum Gasteiger partial charge on any atom is -0.370 e. The van der Waals surface area contributed by atoms with Crippen LogP contribution in [0.15, 0.2) is 42.6 Å². The van der Waals surface area contributed by atoms with Crippen molar-refractivity contribution in [3.63, 3.8) is 0 Å². The number of anilines is 2. The molecule has 2 aromatic heterocycles. The topological polar surface area (TPSA) is 63.0 Å². The summed E-state index contributed by atoms with van der Waals surface area (Å²) in [5, 5.41) is 13.2. The van der Waals surface area contributed by atoms with E-state index in [-0.39, 0.29) is 30.7 Å². The van der Waals surface area contributed by atoms with Crippen LogP contribution in [0.2, 0.25) is 0 Å². The van der Waals surface area contributed by atoms with Gasteiger partial charge in [-0.25, -0.2) is 0 Å². The molecule has 0 radical (unpaired) electrons. The van der Waals surface area contributed by atoms with Crippen LogP contribution in [0.1, 0.15) is 53.5 Å². The highest BCUT2D eigenvalue weighted by atomic mass is 19.4. The number of alkyl halides is 6. The third-order valence-electron chi connectivity index (χ3n) is 7.90. The summed E-state index contributed by atoms with van der Waals surface area (Å²) in [4.78, 5) is 9.85. The zero-order chi connectivity index (χ0) is 30.5. The predicted molar refractivity (Wildman–Crippen MR) is 149 cm³/mol. The molecule has 0 atom stereocenters. The standard InChI is InChI=1S/C30H31F6N7/c1-18-3-8-26-25(9-18)27(42(14-19-4-5-19)15-20-6-7-20)22(13-37-26)17-43(28-38-40-41(2)39-28)16-21-10-23(29(31,32)33)12-24(11-21)30(34,35)36/h3,8-13,19-20H,4-7,14-17H2,1-2H3. The normalized spacial score (nSPS) is 15.7. The van der Waals surface area contributed by atoms with Crippen LogP contribution in [0.3, 0.4) is 0 Å². The predicted octanol–water partition coefficient (Wildman–Crippen LogP) is 6.94. The maximum Gasteiger partial charge on any atom is 0.416 e. The van der Waals surface area contributed by atoms with Gasteiger partial charge in [0.15, 0.2) is 0 Å². The fourth-order valence-corrected chi connectivity index (χ4v) is 5.44. The van der Waals surface area contributed by atoms with Crippen molar-refractivity contribution in [1.29, 1.82) is 0 Å². The number of pyridine rings is 1. The molecule has 0 amide bonds. The van der Waals surface area contributed by atoms with E-state index in [1.165, 1.54) is 4.80 Å². The summed E-state index contributed by atoms with van der Waals surface area (Å²) in [6.07, 6.45) is -3.53. The molecule has 0 spiro atoms. The quantitative estimate of drug-likeness (QED) is 0.183. The van der Waals surface area contributed by atoms with Crippen LogP contribution >= 0.6 is 0 Å². The van der Waals surface area contributed by atoms with Crippen molar-refractivity contribution >= 4 is 22.5 Å². The number of aromatic nitrogens is 5. The van der Waals surface area contributed by atoms with Gasteiger partial charge in [0.1, 0.15) is 0 Å². The smallest absolute Gasteiger partial charge is 0.370 e. The molecule has 2 aliphatic rings. The van der Waals surface area contributed by atoms with Gasteiger partial charge in [-0.15, -0.1) is 5.10 Å². The van der Waals surface area contributed by atoms with Gasteiger partial charge in [0.25, 0.3) is 5.95 Å². The molecule has 43 heavy (non-hydrogen) atoms. The minimum absolute atomic E-state index is 0.0831. The Kier molecular flexibility index (Phi) is 7.45. The van der Waals surface area contributed by atoms with E-state index in [1.54, 1.807) is 18.1 Å². The van der Waals surface area contributed by atoms with Crippen LogP contribution in [0.4, 0.5) is 38.0 Å².